The molecule has 0 saturated heterocycles. The lowest BCUT2D eigenvalue weighted by Crippen LogP contribution is -2.47. The predicted molar refractivity (Wildman–Crippen MR) is 69.8 cm³/mol. The van der Waals surface area contributed by atoms with Gasteiger partial charge in [0.25, 0.3) is 0 Å². The van der Waals surface area contributed by atoms with Crippen LogP contribution in [0.5, 0.6) is 0 Å². The molecular formula is C13H17BN2O. The number of aliphatic hydroxyl groups excluding tert-OH is 1. The zero-order valence-electron chi connectivity index (χ0n) is 10.2. The first-order valence-corrected chi connectivity index (χ1v) is 5.51. The van der Waals surface area contributed by atoms with Gasteiger partial charge in [-0.3, -0.25) is 0 Å². The lowest BCUT2D eigenvalue weighted by Gasteiger charge is -2.41. The molecule has 0 aliphatic heterocycles. The van der Waals surface area contributed by atoms with Crippen LogP contribution in [0.1, 0.15) is 5.56 Å². The van der Waals surface area contributed by atoms with Gasteiger partial charge in [-0.1, -0.05) is 42.5 Å². The van der Waals surface area contributed by atoms with Crippen molar-refractivity contribution in [3.05, 3.63) is 42.0 Å². The largest absolute Gasteiger partial charge is 0.550 e. The Kier molecular flexibility index (Phi) is 4.95. The molecule has 0 bridgehead atoms. The third-order valence-corrected chi connectivity index (χ3v) is 2.38. The standard InChI is InChI=1S/C13H17BN2O/c1-16(2,14-11-15)10-13(17)9-8-12-6-4-3-5-7-12/h3-9,13,17H,10H2,1-2H3/b9-8+. The van der Waals surface area contributed by atoms with Crippen molar-refractivity contribution in [2.75, 3.05) is 20.6 Å². The summed E-state index contributed by atoms with van der Waals surface area (Å²) >= 11 is 0. The number of hydrogen-bond donors (Lipinski definition) is 1. The van der Waals surface area contributed by atoms with Gasteiger partial charge in [-0.05, 0) is 5.56 Å². The first-order valence-electron chi connectivity index (χ1n) is 5.51. The summed E-state index contributed by atoms with van der Waals surface area (Å²) in [5.74, 6) is 2.00. The van der Waals surface area contributed by atoms with Gasteiger partial charge < -0.3 is 9.50 Å². The highest BCUT2D eigenvalue weighted by atomic mass is 16.3. The van der Waals surface area contributed by atoms with Crippen LogP contribution in [0.15, 0.2) is 36.4 Å². The molecular weight excluding hydrogens is 211 g/mol. The zero-order valence-corrected chi connectivity index (χ0v) is 10.2. The van der Waals surface area contributed by atoms with E-state index in [0.717, 1.165) is 5.56 Å². The number of hydrogen-bond acceptors (Lipinski definition) is 2. The quantitative estimate of drug-likeness (QED) is 0.770. The first kappa shape index (κ1) is 13.5. The molecule has 0 amide bonds. The van der Waals surface area contributed by atoms with Crippen LogP contribution in [0, 0.1) is 11.2 Å². The van der Waals surface area contributed by atoms with Gasteiger partial charge in [0.15, 0.2) is 0 Å². The van der Waals surface area contributed by atoms with Crippen molar-refractivity contribution < 1.29 is 9.50 Å². The maximum absolute atomic E-state index is 9.84. The highest BCUT2D eigenvalue weighted by Crippen LogP contribution is 2.04. The maximum Gasteiger partial charge on any atom is 0.126 e. The molecule has 0 spiro atoms. The summed E-state index contributed by atoms with van der Waals surface area (Å²) in [7, 11) is 5.26. The van der Waals surface area contributed by atoms with E-state index in [4.69, 9.17) is 5.26 Å². The fraction of sp³-hybridized carbons (Fsp3) is 0.308. The molecule has 1 aromatic carbocycles. The molecule has 2 radical (unpaired) electrons. The first-order chi connectivity index (χ1) is 8.03. The van der Waals surface area contributed by atoms with Crippen LogP contribution in [0.4, 0.5) is 0 Å². The normalized spacial score (nSPS) is 13.5. The molecule has 0 heterocycles. The fourth-order valence-corrected chi connectivity index (χ4v) is 1.54. The second kappa shape index (κ2) is 6.24. The number of likely N-dealkylation sites (N-methyl/N-ethyl adjacent to an activating group) is 1. The Balaban J connectivity index is 2.53. The van der Waals surface area contributed by atoms with Gasteiger partial charge in [0, 0.05) is 14.1 Å². The second-order valence-corrected chi connectivity index (χ2v) is 4.56. The number of quaternary nitrogens is 1. The van der Waals surface area contributed by atoms with Gasteiger partial charge in [0.05, 0.1) is 6.54 Å². The Labute approximate surface area is 103 Å². The summed E-state index contributed by atoms with van der Waals surface area (Å²) in [5, 5.41) is 18.4. The van der Waals surface area contributed by atoms with Gasteiger partial charge in [0.2, 0.25) is 0 Å². The van der Waals surface area contributed by atoms with Gasteiger partial charge in [-0.15, -0.1) is 5.97 Å². The van der Waals surface area contributed by atoms with E-state index in [1.807, 2.05) is 56.5 Å². The van der Waals surface area contributed by atoms with E-state index >= 15 is 0 Å². The molecule has 3 nitrogen and oxygen atoms in total. The van der Waals surface area contributed by atoms with E-state index in [0.29, 0.717) is 10.9 Å². The van der Waals surface area contributed by atoms with Crippen LogP contribution in [0.25, 0.3) is 6.08 Å². The van der Waals surface area contributed by atoms with Crippen molar-refractivity contribution >= 4 is 13.5 Å². The molecule has 88 valence electrons. The Morgan fingerprint density at radius 2 is 2.06 bits per heavy atom. The van der Waals surface area contributed by atoms with Gasteiger partial charge in [-0.25, -0.2) is 5.26 Å². The summed E-state index contributed by atoms with van der Waals surface area (Å²) in [6, 6.07) is 9.82. The van der Waals surface area contributed by atoms with Crippen LogP contribution in [-0.4, -0.2) is 43.7 Å². The molecule has 17 heavy (non-hydrogen) atoms. The van der Waals surface area contributed by atoms with Gasteiger partial charge in [-0.2, -0.15) is 0 Å². The van der Waals surface area contributed by atoms with Crippen molar-refractivity contribution in [2.45, 2.75) is 6.10 Å². The molecule has 0 aliphatic rings. The average molecular weight is 228 g/mol. The predicted octanol–water partition coefficient (Wildman–Crippen LogP) is 1.24. The highest BCUT2D eigenvalue weighted by molar-refractivity contribution is 6.36. The van der Waals surface area contributed by atoms with Crippen LogP contribution in [0.2, 0.25) is 0 Å². The number of nitrogens with zero attached hydrogens (tertiary/aromatic N) is 2. The lowest BCUT2D eigenvalue weighted by atomic mass is 9.91. The minimum absolute atomic E-state index is 0.372. The van der Waals surface area contributed by atoms with E-state index in [1.54, 1.807) is 6.08 Å². The minimum Gasteiger partial charge on any atom is -0.550 e. The van der Waals surface area contributed by atoms with Gasteiger partial charge >= 0.3 is 0 Å². The van der Waals surface area contributed by atoms with Crippen molar-refractivity contribution in [2.24, 2.45) is 0 Å². The van der Waals surface area contributed by atoms with Crippen LogP contribution < -0.4 is 0 Å². The third kappa shape index (κ3) is 5.35. The Bertz CT molecular complexity index is 409. The number of aliphatic hydroxyl groups is 1. The maximum atomic E-state index is 9.84. The summed E-state index contributed by atoms with van der Waals surface area (Å²) in [4.78, 5) is 0. The van der Waals surface area contributed by atoms with Crippen LogP contribution >= 0.6 is 0 Å². The van der Waals surface area contributed by atoms with E-state index in [-0.39, 0.29) is 0 Å². The van der Waals surface area contributed by atoms with E-state index in [9.17, 15) is 5.11 Å². The molecule has 1 N–H and O–H groups in total. The minimum atomic E-state index is -0.560. The Morgan fingerprint density at radius 1 is 1.41 bits per heavy atom. The van der Waals surface area contributed by atoms with Crippen molar-refractivity contribution in [1.82, 2.24) is 0 Å². The van der Waals surface area contributed by atoms with E-state index < -0.39 is 6.10 Å². The molecule has 1 aromatic rings. The number of benzene rings is 1. The van der Waals surface area contributed by atoms with Gasteiger partial charge in [0.1, 0.15) is 13.5 Å². The Morgan fingerprint density at radius 3 is 2.65 bits per heavy atom. The third-order valence-electron chi connectivity index (χ3n) is 2.38. The Hall–Kier alpha value is -1.57. The number of rotatable bonds is 5. The molecule has 4 heteroatoms. The monoisotopic (exact) mass is 228 g/mol. The number of nitriles is 1. The van der Waals surface area contributed by atoms with Crippen molar-refractivity contribution in [3.63, 3.8) is 0 Å². The molecule has 1 atom stereocenters. The summed E-state index contributed by atoms with van der Waals surface area (Å²) in [5.41, 5.74) is 1.06. The van der Waals surface area contributed by atoms with Crippen molar-refractivity contribution in [3.8, 4) is 5.97 Å². The van der Waals surface area contributed by atoms with Crippen LogP contribution in [-0.2, 0) is 0 Å². The molecule has 1 rings (SSSR count). The van der Waals surface area contributed by atoms with E-state index in [2.05, 4.69) is 0 Å². The molecule has 0 aliphatic carbocycles. The second-order valence-electron chi connectivity index (χ2n) is 4.56. The highest BCUT2D eigenvalue weighted by Gasteiger charge is 2.09. The van der Waals surface area contributed by atoms with Crippen LogP contribution in [0.3, 0.4) is 0 Å². The molecule has 0 aromatic heterocycles. The summed E-state index contributed by atoms with van der Waals surface area (Å²) < 4.78 is 0.372. The molecule has 0 saturated carbocycles. The van der Waals surface area contributed by atoms with E-state index in [1.165, 1.54) is 7.41 Å². The molecule has 1 unspecified atom stereocenters. The molecule has 0 fully saturated rings. The van der Waals surface area contributed by atoms with Crippen molar-refractivity contribution in [1.29, 1.82) is 5.26 Å². The fourth-order valence-electron chi connectivity index (χ4n) is 1.54. The lowest BCUT2D eigenvalue weighted by molar-refractivity contribution is -0.780. The smallest absolute Gasteiger partial charge is 0.126 e. The summed E-state index contributed by atoms with van der Waals surface area (Å²) in [6.07, 6.45) is 3.08. The SMILES string of the molecule is C[N+](C)([B-]C#N)CC(O)/C=C/c1ccccc1. The summed E-state index contributed by atoms with van der Waals surface area (Å²) in [6.45, 7) is 0.483. The average Bonchev–Trinajstić information content (AvgIpc) is 2.27. The topological polar surface area (TPSA) is 44.0 Å². The zero-order chi connectivity index (χ0) is 12.7.